The van der Waals surface area contributed by atoms with Crippen LogP contribution in [0.15, 0.2) is 41.0 Å². The molecule has 1 aromatic carbocycles. The first kappa shape index (κ1) is 20.1. The lowest BCUT2D eigenvalue weighted by molar-refractivity contribution is -0.139. The van der Waals surface area contributed by atoms with E-state index in [9.17, 15) is 13.2 Å². The minimum Gasteiger partial charge on any atom is -0.461 e. The minimum atomic E-state index is -4.61. The van der Waals surface area contributed by atoms with Crippen molar-refractivity contribution in [2.45, 2.75) is 38.9 Å². The zero-order chi connectivity index (χ0) is 21.6. The Morgan fingerprint density at radius 2 is 1.90 bits per heavy atom. The van der Waals surface area contributed by atoms with Crippen molar-refractivity contribution < 1.29 is 17.6 Å². The standard InChI is InChI=1S/C23H23F3N4O/c1-14-4-2-5-16-18(14)28-21(23(24,25)26)19-20(16)30(12-9-15-7-10-27-11-8-15)22(29-19)17-6-3-13-31-17/h2-6,13,15,27H,7-12H2,1H3. The van der Waals surface area contributed by atoms with E-state index in [1.54, 1.807) is 25.1 Å². The Morgan fingerprint density at radius 3 is 2.61 bits per heavy atom. The number of pyridine rings is 1. The Labute approximate surface area is 177 Å². The van der Waals surface area contributed by atoms with Gasteiger partial charge in [-0.3, -0.25) is 0 Å². The Balaban J connectivity index is 1.77. The van der Waals surface area contributed by atoms with E-state index in [0.717, 1.165) is 32.4 Å². The highest BCUT2D eigenvalue weighted by Gasteiger charge is 2.38. The maximum absolute atomic E-state index is 14.0. The molecule has 1 fully saturated rings. The second-order valence-corrected chi connectivity index (χ2v) is 8.17. The zero-order valence-corrected chi connectivity index (χ0v) is 17.2. The van der Waals surface area contributed by atoms with Gasteiger partial charge >= 0.3 is 6.18 Å². The van der Waals surface area contributed by atoms with Crippen molar-refractivity contribution >= 4 is 21.9 Å². The van der Waals surface area contributed by atoms with Crippen molar-refractivity contribution in [1.29, 1.82) is 0 Å². The molecule has 5 rings (SSSR count). The molecule has 0 bridgehead atoms. The first-order valence-corrected chi connectivity index (χ1v) is 10.5. The third-order valence-corrected chi connectivity index (χ3v) is 6.14. The summed E-state index contributed by atoms with van der Waals surface area (Å²) >= 11 is 0. The lowest BCUT2D eigenvalue weighted by Gasteiger charge is -2.23. The van der Waals surface area contributed by atoms with E-state index in [4.69, 9.17) is 4.42 Å². The molecule has 1 aliphatic heterocycles. The van der Waals surface area contributed by atoms with E-state index >= 15 is 0 Å². The van der Waals surface area contributed by atoms with Crippen LogP contribution in [0.25, 0.3) is 33.5 Å². The minimum absolute atomic E-state index is 0.123. The quantitative estimate of drug-likeness (QED) is 0.462. The first-order chi connectivity index (χ1) is 14.9. The summed E-state index contributed by atoms with van der Waals surface area (Å²) in [6, 6.07) is 8.91. The van der Waals surface area contributed by atoms with Gasteiger partial charge in [0, 0.05) is 11.9 Å². The number of aromatic nitrogens is 3. The fourth-order valence-corrected chi connectivity index (χ4v) is 4.55. The van der Waals surface area contributed by atoms with Crippen LogP contribution in [0.1, 0.15) is 30.5 Å². The lowest BCUT2D eigenvalue weighted by Crippen LogP contribution is -2.28. The van der Waals surface area contributed by atoms with E-state index in [-0.39, 0.29) is 5.52 Å². The van der Waals surface area contributed by atoms with Crippen LogP contribution in [0.4, 0.5) is 13.2 Å². The third kappa shape index (κ3) is 3.59. The molecule has 4 aromatic rings. The van der Waals surface area contributed by atoms with E-state index < -0.39 is 11.9 Å². The fourth-order valence-electron chi connectivity index (χ4n) is 4.55. The van der Waals surface area contributed by atoms with Crippen LogP contribution in [0.2, 0.25) is 0 Å². The molecule has 31 heavy (non-hydrogen) atoms. The maximum atomic E-state index is 14.0. The van der Waals surface area contributed by atoms with E-state index in [1.807, 2.05) is 16.7 Å². The molecule has 1 aliphatic rings. The summed E-state index contributed by atoms with van der Waals surface area (Å²) < 4.78 is 49.4. The van der Waals surface area contributed by atoms with Crippen LogP contribution in [0, 0.1) is 12.8 Å². The molecule has 5 nitrogen and oxygen atoms in total. The van der Waals surface area contributed by atoms with Crippen molar-refractivity contribution in [1.82, 2.24) is 19.9 Å². The Hall–Kier alpha value is -2.87. The van der Waals surface area contributed by atoms with Crippen molar-refractivity contribution in [3.63, 3.8) is 0 Å². The summed E-state index contributed by atoms with van der Waals surface area (Å²) in [5.74, 6) is 1.39. The van der Waals surface area contributed by atoms with Gasteiger partial charge in [-0.15, -0.1) is 0 Å². The number of benzene rings is 1. The smallest absolute Gasteiger partial charge is 0.435 e. The number of nitrogens with one attached hydrogen (secondary N) is 1. The van der Waals surface area contributed by atoms with Crippen LogP contribution >= 0.6 is 0 Å². The van der Waals surface area contributed by atoms with Crippen LogP contribution in [0.3, 0.4) is 0 Å². The molecule has 1 saturated heterocycles. The number of para-hydroxylation sites is 1. The molecule has 0 spiro atoms. The number of alkyl halides is 3. The molecule has 1 N–H and O–H groups in total. The number of piperidine rings is 1. The molecule has 8 heteroatoms. The van der Waals surface area contributed by atoms with E-state index in [1.165, 1.54) is 6.26 Å². The Kier molecular flexibility index (Phi) is 4.97. The van der Waals surface area contributed by atoms with Gasteiger partial charge in [0.15, 0.2) is 17.3 Å². The highest BCUT2D eigenvalue weighted by atomic mass is 19.4. The van der Waals surface area contributed by atoms with Crippen LogP contribution < -0.4 is 5.32 Å². The maximum Gasteiger partial charge on any atom is 0.435 e. The molecule has 0 atom stereocenters. The van der Waals surface area contributed by atoms with Crippen molar-refractivity contribution in [2.75, 3.05) is 13.1 Å². The summed E-state index contributed by atoms with van der Waals surface area (Å²) in [6.45, 7) is 4.31. The molecule has 0 aliphatic carbocycles. The summed E-state index contributed by atoms with van der Waals surface area (Å²) in [4.78, 5) is 8.46. The number of hydrogen-bond donors (Lipinski definition) is 1. The average Bonchev–Trinajstić information content (AvgIpc) is 3.40. The number of halogens is 3. The molecule has 4 heterocycles. The lowest BCUT2D eigenvalue weighted by atomic mass is 9.94. The SMILES string of the molecule is Cc1cccc2c1nc(C(F)(F)F)c1nc(-c3ccco3)n(CCC3CCNCC3)c12. The van der Waals surface area contributed by atoms with Gasteiger partial charge in [-0.25, -0.2) is 9.97 Å². The van der Waals surface area contributed by atoms with E-state index in [2.05, 4.69) is 15.3 Å². The zero-order valence-electron chi connectivity index (χ0n) is 17.2. The second-order valence-electron chi connectivity index (χ2n) is 8.17. The molecule has 162 valence electrons. The normalized spacial score (nSPS) is 15.9. The van der Waals surface area contributed by atoms with Gasteiger partial charge in [0.05, 0.1) is 17.3 Å². The van der Waals surface area contributed by atoms with Crippen LogP contribution in [0.5, 0.6) is 0 Å². The average molecular weight is 428 g/mol. The monoisotopic (exact) mass is 428 g/mol. The summed E-state index contributed by atoms with van der Waals surface area (Å²) in [5.41, 5.74) is 0.466. The van der Waals surface area contributed by atoms with Gasteiger partial charge in [0.2, 0.25) is 0 Å². The second kappa shape index (κ2) is 7.67. The number of rotatable bonds is 4. The number of imidazole rings is 1. The fraction of sp³-hybridized carbons (Fsp3) is 0.391. The molecule has 0 amide bonds. The Morgan fingerprint density at radius 1 is 1.10 bits per heavy atom. The van der Waals surface area contributed by atoms with Crippen molar-refractivity contribution in [2.24, 2.45) is 5.92 Å². The topological polar surface area (TPSA) is 55.9 Å². The van der Waals surface area contributed by atoms with Gasteiger partial charge in [0.25, 0.3) is 0 Å². The Bertz CT molecular complexity index is 1220. The number of nitrogens with zero attached hydrogens (tertiary/aromatic N) is 3. The molecule has 3 aromatic heterocycles. The summed E-state index contributed by atoms with van der Waals surface area (Å²) in [7, 11) is 0. The first-order valence-electron chi connectivity index (χ1n) is 10.5. The molecule has 0 saturated carbocycles. The molecule has 0 unspecified atom stereocenters. The van der Waals surface area contributed by atoms with E-state index in [0.29, 0.717) is 46.0 Å². The van der Waals surface area contributed by atoms with Crippen molar-refractivity contribution in [3.05, 3.63) is 47.9 Å². The van der Waals surface area contributed by atoms with Crippen molar-refractivity contribution in [3.8, 4) is 11.6 Å². The third-order valence-electron chi connectivity index (χ3n) is 6.14. The summed E-state index contributed by atoms with van der Waals surface area (Å²) in [5, 5.41) is 4.04. The highest BCUT2D eigenvalue weighted by molar-refractivity contribution is 6.05. The summed E-state index contributed by atoms with van der Waals surface area (Å²) in [6.07, 6.45) is -0.0892. The number of furan rings is 1. The highest BCUT2D eigenvalue weighted by Crippen LogP contribution is 2.39. The van der Waals surface area contributed by atoms with Gasteiger partial charge in [-0.1, -0.05) is 18.2 Å². The molecular weight excluding hydrogens is 405 g/mol. The van der Waals surface area contributed by atoms with Gasteiger partial charge in [-0.2, -0.15) is 13.2 Å². The van der Waals surface area contributed by atoms with Crippen LogP contribution in [-0.2, 0) is 12.7 Å². The molecule has 0 radical (unpaired) electrons. The predicted octanol–water partition coefficient (Wildman–Crippen LogP) is 5.56. The largest absolute Gasteiger partial charge is 0.461 e. The number of aryl methyl sites for hydroxylation is 2. The predicted molar refractivity (Wildman–Crippen MR) is 113 cm³/mol. The number of hydrogen-bond acceptors (Lipinski definition) is 4. The van der Waals surface area contributed by atoms with Gasteiger partial charge in [0.1, 0.15) is 5.52 Å². The van der Waals surface area contributed by atoms with Crippen LogP contribution in [-0.4, -0.2) is 27.6 Å². The number of fused-ring (bicyclic) bond motifs is 3. The van der Waals surface area contributed by atoms with Gasteiger partial charge in [-0.05, 0) is 62.9 Å². The van der Waals surface area contributed by atoms with Gasteiger partial charge < -0.3 is 14.3 Å². The molecular formula is C23H23F3N4O.